The quantitative estimate of drug-likeness (QED) is 0.400. The fraction of sp³-hybridized carbons (Fsp3) is 0.258. The molecule has 2 aliphatic rings. The van der Waals surface area contributed by atoms with Gasteiger partial charge in [0, 0.05) is 48.4 Å². The number of likely N-dealkylation sites (tertiary alicyclic amines) is 1. The lowest BCUT2D eigenvalue weighted by Crippen LogP contribution is -2.50. The van der Waals surface area contributed by atoms with E-state index in [4.69, 9.17) is 4.74 Å². The summed E-state index contributed by atoms with van der Waals surface area (Å²) in [6, 6.07) is 20.2. The van der Waals surface area contributed by atoms with E-state index in [0.717, 1.165) is 23.2 Å². The van der Waals surface area contributed by atoms with Crippen molar-refractivity contribution in [1.29, 1.82) is 0 Å². The summed E-state index contributed by atoms with van der Waals surface area (Å²) in [5.41, 5.74) is 3.56. The first kappa shape index (κ1) is 25.3. The number of amides is 2. The zero-order valence-electron chi connectivity index (χ0n) is 21.6. The minimum atomic E-state index is -0.343. The molecular weight excluding hydrogens is 478 g/mol. The number of nitrogens with zero attached hydrogens (tertiary/aromatic N) is 2. The molecule has 3 heterocycles. The van der Waals surface area contributed by atoms with Crippen LogP contribution in [-0.4, -0.2) is 41.5 Å². The van der Waals surface area contributed by atoms with Crippen molar-refractivity contribution < 1.29 is 14.3 Å². The number of hydrogen-bond acceptors (Lipinski definition) is 4. The van der Waals surface area contributed by atoms with E-state index < -0.39 is 0 Å². The number of aromatic nitrogens is 1. The van der Waals surface area contributed by atoms with Crippen molar-refractivity contribution in [2.24, 2.45) is 5.92 Å². The number of allylic oxidation sites excluding steroid dienone is 2. The molecule has 7 nitrogen and oxygen atoms in total. The number of piperidine rings is 1. The monoisotopic (exact) mass is 509 g/mol. The number of nitrogens with one attached hydrogen (secondary N) is 1. The van der Waals surface area contributed by atoms with Gasteiger partial charge in [-0.05, 0) is 49.6 Å². The minimum Gasteiger partial charge on any atom is -0.496 e. The summed E-state index contributed by atoms with van der Waals surface area (Å²) >= 11 is 0. The summed E-state index contributed by atoms with van der Waals surface area (Å²) in [6.45, 7) is 3.58. The van der Waals surface area contributed by atoms with Gasteiger partial charge in [-0.2, -0.15) is 0 Å². The van der Waals surface area contributed by atoms with Gasteiger partial charge in [0.2, 0.25) is 0 Å². The van der Waals surface area contributed by atoms with Crippen LogP contribution in [0, 0.1) is 12.8 Å². The molecule has 5 rings (SSSR count). The number of fused-ring (bicyclic) bond motifs is 4. The van der Waals surface area contributed by atoms with Gasteiger partial charge in [0.05, 0.1) is 7.11 Å². The van der Waals surface area contributed by atoms with E-state index in [1.54, 1.807) is 48.4 Å². The Labute approximate surface area is 222 Å². The van der Waals surface area contributed by atoms with Crippen LogP contribution < -0.4 is 15.6 Å². The fourth-order valence-electron chi connectivity index (χ4n) is 5.35. The second-order valence-corrected chi connectivity index (χ2v) is 9.91. The second-order valence-electron chi connectivity index (χ2n) is 9.91. The average Bonchev–Trinajstić information content (AvgIpc) is 2.93. The van der Waals surface area contributed by atoms with Crippen LogP contribution in [-0.2, 0) is 11.3 Å². The highest BCUT2D eigenvalue weighted by molar-refractivity contribution is 6.03. The first-order valence-electron chi connectivity index (χ1n) is 12.8. The number of para-hydroxylation sites is 1. The lowest BCUT2D eigenvalue weighted by Gasteiger charge is -2.42. The summed E-state index contributed by atoms with van der Waals surface area (Å²) < 4.78 is 7.26. The van der Waals surface area contributed by atoms with Crippen LogP contribution in [0.1, 0.15) is 39.5 Å². The second kappa shape index (κ2) is 10.9. The molecule has 1 saturated heterocycles. The Bertz CT molecular complexity index is 1470. The Balaban J connectivity index is 1.42. The summed E-state index contributed by atoms with van der Waals surface area (Å²) in [5, 5.41) is 2.85. The van der Waals surface area contributed by atoms with Crippen LogP contribution in [0.15, 0.2) is 89.4 Å². The molecule has 2 aliphatic heterocycles. The number of carbonyl (C=O) groups is 2. The van der Waals surface area contributed by atoms with Crippen LogP contribution >= 0.6 is 0 Å². The molecule has 0 spiro atoms. The van der Waals surface area contributed by atoms with E-state index in [1.165, 1.54) is 0 Å². The predicted octanol–water partition coefficient (Wildman–Crippen LogP) is 4.14. The normalized spacial score (nSPS) is 18.7. The molecule has 7 heteroatoms. The Morgan fingerprint density at radius 1 is 0.974 bits per heavy atom. The Hall–Kier alpha value is -4.39. The molecule has 3 aromatic rings. The van der Waals surface area contributed by atoms with Gasteiger partial charge < -0.3 is 19.5 Å². The average molecular weight is 510 g/mol. The number of methoxy groups -OCH3 is 1. The maximum absolute atomic E-state index is 13.8. The highest BCUT2D eigenvalue weighted by Crippen LogP contribution is 2.35. The molecule has 2 amide bonds. The topological polar surface area (TPSA) is 80.6 Å². The Morgan fingerprint density at radius 3 is 2.55 bits per heavy atom. The summed E-state index contributed by atoms with van der Waals surface area (Å²) in [4.78, 5) is 41.1. The summed E-state index contributed by atoms with van der Waals surface area (Å²) in [6.07, 6.45) is 6.18. The van der Waals surface area contributed by atoms with Gasteiger partial charge in [-0.15, -0.1) is 0 Å². The van der Waals surface area contributed by atoms with Crippen LogP contribution in [0.2, 0.25) is 0 Å². The third-order valence-electron chi connectivity index (χ3n) is 7.24. The standard InChI is InChI=1S/C31H31N3O4/c1-21-13-15-24(16-14-21)30(36)32-26(9-5-8-23-7-3-4-11-28(23)38-2)31(37)33-18-22-17-25(20-33)27-10-6-12-29(35)34(27)19-22/h3-16,22,25H,17-20H2,1-2H3,(H,32,36). The largest absolute Gasteiger partial charge is 0.496 e. The predicted molar refractivity (Wildman–Crippen MR) is 147 cm³/mol. The van der Waals surface area contributed by atoms with Gasteiger partial charge in [0.15, 0.2) is 0 Å². The number of hydrogen-bond donors (Lipinski definition) is 1. The van der Waals surface area contributed by atoms with Gasteiger partial charge in [-0.1, -0.05) is 54.1 Å². The minimum absolute atomic E-state index is 0.00407. The van der Waals surface area contributed by atoms with Crippen LogP contribution in [0.25, 0.3) is 6.08 Å². The Morgan fingerprint density at radius 2 is 1.76 bits per heavy atom. The SMILES string of the molecule is COc1ccccc1C=CC=C(NC(=O)c1ccc(C)cc1)C(=O)N1CC2CC(C1)c1cccc(=O)n1C2. The molecule has 0 aliphatic carbocycles. The molecule has 2 aromatic carbocycles. The third-order valence-corrected chi connectivity index (χ3v) is 7.24. The maximum atomic E-state index is 13.8. The van der Waals surface area contributed by atoms with E-state index in [1.807, 2.05) is 60.0 Å². The number of benzene rings is 2. The molecule has 2 atom stereocenters. The summed E-state index contributed by atoms with van der Waals surface area (Å²) in [5.74, 6) is 0.398. The zero-order chi connectivity index (χ0) is 26.6. The highest BCUT2D eigenvalue weighted by Gasteiger charge is 2.37. The van der Waals surface area contributed by atoms with Crippen molar-refractivity contribution in [3.63, 3.8) is 0 Å². The molecule has 2 unspecified atom stereocenters. The van der Waals surface area contributed by atoms with Gasteiger partial charge in [0.25, 0.3) is 17.4 Å². The first-order valence-corrected chi connectivity index (χ1v) is 12.8. The lowest BCUT2D eigenvalue weighted by atomic mass is 9.83. The number of carbonyl (C=O) groups excluding carboxylic acids is 2. The number of pyridine rings is 1. The van der Waals surface area contributed by atoms with Gasteiger partial charge >= 0.3 is 0 Å². The molecule has 2 bridgehead atoms. The number of aryl methyl sites for hydroxylation is 1. The van der Waals surface area contributed by atoms with E-state index in [9.17, 15) is 14.4 Å². The molecule has 1 aromatic heterocycles. The zero-order valence-corrected chi connectivity index (χ0v) is 21.6. The van der Waals surface area contributed by atoms with Crippen LogP contribution in [0.4, 0.5) is 0 Å². The first-order chi connectivity index (χ1) is 18.4. The van der Waals surface area contributed by atoms with E-state index in [-0.39, 0.29) is 34.9 Å². The van der Waals surface area contributed by atoms with Crippen molar-refractivity contribution in [2.45, 2.75) is 25.8 Å². The molecule has 0 saturated carbocycles. The molecule has 1 N–H and O–H groups in total. The number of rotatable bonds is 6. The van der Waals surface area contributed by atoms with Crippen LogP contribution in [0.5, 0.6) is 5.75 Å². The van der Waals surface area contributed by atoms with E-state index >= 15 is 0 Å². The molecule has 194 valence electrons. The van der Waals surface area contributed by atoms with Crippen molar-refractivity contribution in [3.05, 3.63) is 117 Å². The fourth-order valence-corrected chi connectivity index (χ4v) is 5.35. The maximum Gasteiger partial charge on any atom is 0.270 e. The van der Waals surface area contributed by atoms with Crippen molar-refractivity contribution in [2.75, 3.05) is 20.2 Å². The Kier molecular flexibility index (Phi) is 7.26. The van der Waals surface area contributed by atoms with Crippen molar-refractivity contribution in [1.82, 2.24) is 14.8 Å². The van der Waals surface area contributed by atoms with E-state index in [2.05, 4.69) is 5.32 Å². The molecule has 0 radical (unpaired) electrons. The number of ether oxygens (including phenoxy) is 1. The van der Waals surface area contributed by atoms with Crippen molar-refractivity contribution >= 4 is 17.9 Å². The van der Waals surface area contributed by atoms with Gasteiger partial charge in [0.1, 0.15) is 11.4 Å². The van der Waals surface area contributed by atoms with Gasteiger partial charge in [-0.25, -0.2) is 0 Å². The lowest BCUT2D eigenvalue weighted by molar-refractivity contribution is -0.130. The molecular formula is C31H31N3O4. The van der Waals surface area contributed by atoms with Crippen LogP contribution in [0.3, 0.4) is 0 Å². The van der Waals surface area contributed by atoms with Gasteiger partial charge in [-0.3, -0.25) is 14.4 Å². The molecule has 38 heavy (non-hydrogen) atoms. The third kappa shape index (κ3) is 5.32. The molecule has 1 fully saturated rings. The smallest absolute Gasteiger partial charge is 0.270 e. The highest BCUT2D eigenvalue weighted by atomic mass is 16.5. The van der Waals surface area contributed by atoms with E-state index in [0.29, 0.717) is 30.9 Å². The summed E-state index contributed by atoms with van der Waals surface area (Å²) in [7, 11) is 1.61. The van der Waals surface area contributed by atoms with Crippen molar-refractivity contribution in [3.8, 4) is 5.75 Å².